The standard InChI is InChI=1S/C23H22N2O6Si/c1-32(2,21-11-7-4-8-12-21)16-22(17-9-5-3-6-10-17)31-23(26)18-13-19(24(27)28)15-20(14-18)25(29)30/h3-15,22H,16H2,1-2H3. The van der Waals surface area contributed by atoms with Crippen molar-refractivity contribution in [3.63, 3.8) is 0 Å². The Bertz CT molecular complexity index is 1100. The molecular formula is C23H22N2O6Si. The number of carbonyl (C=O) groups excluding carboxylic acids is 1. The van der Waals surface area contributed by atoms with Gasteiger partial charge in [-0.25, -0.2) is 4.79 Å². The average molecular weight is 451 g/mol. The van der Waals surface area contributed by atoms with Crippen LogP contribution in [-0.4, -0.2) is 23.9 Å². The summed E-state index contributed by atoms with van der Waals surface area (Å²) in [5, 5.41) is 23.5. The normalized spacial score (nSPS) is 12.1. The van der Waals surface area contributed by atoms with E-state index < -0.39 is 41.4 Å². The average Bonchev–Trinajstić information content (AvgIpc) is 2.79. The predicted molar refractivity (Wildman–Crippen MR) is 123 cm³/mol. The van der Waals surface area contributed by atoms with Crippen LogP contribution in [0.5, 0.6) is 0 Å². The summed E-state index contributed by atoms with van der Waals surface area (Å²) in [7, 11) is -2.04. The minimum absolute atomic E-state index is 0.231. The molecule has 0 fully saturated rings. The monoisotopic (exact) mass is 450 g/mol. The fourth-order valence-electron chi connectivity index (χ4n) is 3.49. The highest BCUT2D eigenvalue weighted by Gasteiger charge is 2.31. The number of carbonyl (C=O) groups is 1. The first-order valence-electron chi connectivity index (χ1n) is 9.93. The van der Waals surface area contributed by atoms with Crippen molar-refractivity contribution in [3.05, 3.63) is 110 Å². The van der Waals surface area contributed by atoms with Crippen LogP contribution in [0.4, 0.5) is 11.4 Å². The van der Waals surface area contributed by atoms with Crippen molar-refractivity contribution in [2.24, 2.45) is 0 Å². The van der Waals surface area contributed by atoms with E-state index >= 15 is 0 Å². The maximum atomic E-state index is 12.9. The number of hydrogen-bond acceptors (Lipinski definition) is 6. The van der Waals surface area contributed by atoms with E-state index in [0.717, 1.165) is 23.8 Å². The topological polar surface area (TPSA) is 113 Å². The molecule has 1 atom stereocenters. The number of esters is 1. The highest BCUT2D eigenvalue weighted by Crippen LogP contribution is 2.30. The van der Waals surface area contributed by atoms with E-state index in [9.17, 15) is 25.0 Å². The Labute approximate surface area is 185 Å². The summed E-state index contributed by atoms with van der Waals surface area (Å²) in [6.07, 6.45) is -0.608. The van der Waals surface area contributed by atoms with Gasteiger partial charge in [0.2, 0.25) is 0 Å². The van der Waals surface area contributed by atoms with Crippen LogP contribution < -0.4 is 5.19 Å². The fourth-order valence-corrected chi connectivity index (χ4v) is 6.06. The van der Waals surface area contributed by atoms with Gasteiger partial charge in [-0.15, -0.1) is 0 Å². The van der Waals surface area contributed by atoms with Crippen molar-refractivity contribution in [2.75, 3.05) is 0 Å². The highest BCUT2D eigenvalue weighted by atomic mass is 28.3. The zero-order valence-corrected chi connectivity index (χ0v) is 18.6. The maximum absolute atomic E-state index is 12.9. The molecule has 0 aliphatic heterocycles. The summed E-state index contributed by atoms with van der Waals surface area (Å²) < 4.78 is 5.80. The second kappa shape index (κ2) is 9.52. The number of non-ortho nitro benzene ring substituents is 2. The van der Waals surface area contributed by atoms with Gasteiger partial charge in [-0.2, -0.15) is 0 Å². The molecular weight excluding hydrogens is 428 g/mol. The second-order valence-corrected chi connectivity index (χ2v) is 12.8. The molecule has 0 aromatic heterocycles. The third-order valence-electron chi connectivity index (χ3n) is 5.23. The van der Waals surface area contributed by atoms with Gasteiger partial charge >= 0.3 is 5.97 Å². The Morgan fingerprint density at radius 2 is 1.38 bits per heavy atom. The van der Waals surface area contributed by atoms with E-state index in [2.05, 4.69) is 25.2 Å². The number of nitro groups is 2. The molecule has 0 radical (unpaired) electrons. The number of nitro benzene ring substituents is 2. The summed E-state index contributed by atoms with van der Waals surface area (Å²) in [6.45, 7) is 4.34. The molecule has 0 saturated carbocycles. The molecule has 32 heavy (non-hydrogen) atoms. The highest BCUT2D eigenvalue weighted by molar-refractivity contribution is 6.89. The molecule has 1 unspecified atom stereocenters. The smallest absolute Gasteiger partial charge is 0.339 e. The van der Waals surface area contributed by atoms with Crippen molar-refractivity contribution >= 4 is 30.6 Å². The molecule has 8 nitrogen and oxygen atoms in total. The first kappa shape index (κ1) is 22.8. The quantitative estimate of drug-likeness (QED) is 0.206. The summed E-state index contributed by atoms with van der Waals surface area (Å²) >= 11 is 0. The maximum Gasteiger partial charge on any atom is 0.339 e. The number of hydrogen-bond donors (Lipinski definition) is 0. The Hall–Kier alpha value is -3.85. The van der Waals surface area contributed by atoms with E-state index in [4.69, 9.17) is 4.74 Å². The van der Waals surface area contributed by atoms with E-state index in [0.29, 0.717) is 6.04 Å². The van der Waals surface area contributed by atoms with E-state index in [-0.39, 0.29) is 5.56 Å². The fraction of sp³-hybridized carbons (Fsp3) is 0.174. The zero-order chi connectivity index (χ0) is 23.3. The summed E-state index contributed by atoms with van der Waals surface area (Å²) in [5.41, 5.74) is -0.522. The molecule has 0 spiro atoms. The van der Waals surface area contributed by atoms with Crippen LogP contribution in [-0.2, 0) is 4.74 Å². The van der Waals surface area contributed by atoms with Gasteiger partial charge in [0.25, 0.3) is 11.4 Å². The van der Waals surface area contributed by atoms with Gasteiger partial charge in [0.1, 0.15) is 6.10 Å². The van der Waals surface area contributed by atoms with Crippen LogP contribution in [0.3, 0.4) is 0 Å². The lowest BCUT2D eigenvalue weighted by Crippen LogP contribution is -2.42. The Balaban J connectivity index is 1.95. The minimum Gasteiger partial charge on any atom is -0.454 e. The Kier molecular flexibility index (Phi) is 6.79. The third kappa shape index (κ3) is 5.44. The first-order chi connectivity index (χ1) is 15.2. The van der Waals surface area contributed by atoms with Gasteiger partial charge in [0.15, 0.2) is 0 Å². The van der Waals surface area contributed by atoms with Crippen molar-refractivity contribution in [1.82, 2.24) is 0 Å². The van der Waals surface area contributed by atoms with E-state index in [1.807, 2.05) is 48.5 Å². The predicted octanol–water partition coefficient (Wildman–Crippen LogP) is 5.02. The summed E-state index contributed by atoms with van der Waals surface area (Å²) in [4.78, 5) is 33.8. The van der Waals surface area contributed by atoms with Crippen LogP contribution in [0.25, 0.3) is 0 Å². The Morgan fingerprint density at radius 3 is 1.88 bits per heavy atom. The number of rotatable bonds is 8. The summed E-state index contributed by atoms with van der Waals surface area (Å²) in [5.74, 6) is -0.844. The molecule has 0 amide bonds. The van der Waals surface area contributed by atoms with Crippen LogP contribution in [0, 0.1) is 20.2 Å². The van der Waals surface area contributed by atoms with Gasteiger partial charge in [-0.1, -0.05) is 78.9 Å². The van der Waals surface area contributed by atoms with Gasteiger partial charge in [0.05, 0.1) is 29.6 Å². The molecule has 0 saturated heterocycles. The largest absolute Gasteiger partial charge is 0.454 e. The third-order valence-corrected chi connectivity index (χ3v) is 8.52. The zero-order valence-electron chi connectivity index (χ0n) is 17.6. The number of benzene rings is 3. The molecule has 0 N–H and O–H groups in total. The van der Waals surface area contributed by atoms with Crippen molar-refractivity contribution in [3.8, 4) is 0 Å². The molecule has 9 heteroatoms. The van der Waals surface area contributed by atoms with Crippen LogP contribution >= 0.6 is 0 Å². The SMILES string of the molecule is C[Si](C)(CC(OC(=O)c1cc([N+](=O)[O-])cc([N+](=O)[O-])c1)c1ccccc1)c1ccccc1. The molecule has 0 aliphatic rings. The van der Waals surface area contributed by atoms with Crippen LogP contribution in [0.1, 0.15) is 22.0 Å². The minimum atomic E-state index is -2.04. The second-order valence-electron chi connectivity index (χ2n) is 8.01. The number of ether oxygens (including phenoxy) is 1. The molecule has 0 aliphatic carbocycles. The van der Waals surface area contributed by atoms with Crippen molar-refractivity contribution in [2.45, 2.75) is 25.2 Å². The van der Waals surface area contributed by atoms with E-state index in [1.54, 1.807) is 0 Å². The van der Waals surface area contributed by atoms with Gasteiger partial charge in [-0.3, -0.25) is 20.2 Å². The van der Waals surface area contributed by atoms with Gasteiger partial charge < -0.3 is 4.74 Å². The Morgan fingerprint density at radius 1 is 0.875 bits per heavy atom. The molecule has 164 valence electrons. The molecule has 3 aromatic carbocycles. The molecule has 0 bridgehead atoms. The molecule has 3 aromatic rings. The molecule has 3 rings (SSSR count). The summed E-state index contributed by atoms with van der Waals surface area (Å²) in [6, 6.07) is 22.6. The first-order valence-corrected chi connectivity index (χ1v) is 13.1. The lowest BCUT2D eigenvalue weighted by Gasteiger charge is -2.28. The van der Waals surface area contributed by atoms with Crippen LogP contribution in [0.2, 0.25) is 19.1 Å². The van der Waals surface area contributed by atoms with Crippen molar-refractivity contribution in [1.29, 1.82) is 0 Å². The van der Waals surface area contributed by atoms with E-state index in [1.165, 1.54) is 5.19 Å². The lowest BCUT2D eigenvalue weighted by atomic mass is 10.1. The molecule has 0 heterocycles. The van der Waals surface area contributed by atoms with Crippen molar-refractivity contribution < 1.29 is 19.4 Å². The number of nitrogens with zero attached hydrogens (tertiary/aromatic N) is 2. The van der Waals surface area contributed by atoms with Gasteiger partial charge in [-0.05, 0) is 11.6 Å². The van der Waals surface area contributed by atoms with Crippen LogP contribution in [0.15, 0.2) is 78.9 Å². The lowest BCUT2D eigenvalue weighted by molar-refractivity contribution is -0.394. The van der Waals surface area contributed by atoms with Gasteiger partial charge in [0, 0.05) is 12.1 Å².